The summed E-state index contributed by atoms with van der Waals surface area (Å²) in [7, 11) is 0. The van der Waals surface area contributed by atoms with E-state index in [1.54, 1.807) is 0 Å². The fourth-order valence-corrected chi connectivity index (χ4v) is 1.99. The normalized spacial score (nSPS) is 12.9. The number of hydrogen-bond donors (Lipinski definition) is 1. The van der Waals surface area contributed by atoms with Crippen LogP contribution in [-0.2, 0) is 13.1 Å². The summed E-state index contributed by atoms with van der Waals surface area (Å²) in [5.41, 5.74) is 0. The summed E-state index contributed by atoms with van der Waals surface area (Å²) in [6.45, 7) is 8.64. The fourth-order valence-electron chi connectivity index (χ4n) is 1.99. The van der Waals surface area contributed by atoms with E-state index in [2.05, 4.69) is 41.8 Å². The van der Waals surface area contributed by atoms with E-state index in [1.807, 2.05) is 6.20 Å². The zero-order chi connectivity index (χ0) is 11.8. The molecule has 3 nitrogen and oxygen atoms in total. The lowest BCUT2D eigenvalue weighted by Gasteiger charge is -2.16. The molecule has 0 bridgehead atoms. The van der Waals surface area contributed by atoms with Crippen molar-refractivity contribution >= 4 is 0 Å². The molecule has 0 saturated heterocycles. The molecule has 0 saturated carbocycles. The minimum absolute atomic E-state index is 0.636. The van der Waals surface area contributed by atoms with Gasteiger partial charge in [0, 0.05) is 25.0 Å². The van der Waals surface area contributed by atoms with E-state index in [9.17, 15) is 0 Å². The summed E-state index contributed by atoms with van der Waals surface area (Å²) >= 11 is 0. The quantitative estimate of drug-likeness (QED) is 0.734. The number of hydrogen-bond acceptors (Lipinski definition) is 2. The molecule has 3 heteroatoms. The molecule has 0 spiro atoms. The third-order valence-corrected chi connectivity index (χ3v) is 2.95. The summed E-state index contributed by atoms with van der Waals surface area (Å²) in [5, 5.41) is 3.59. The van der Waals surface area contributed by atoms with Gasteiger partial charge in [0.15, 0.2) is 0 Å². The third-order valence-electron chi connectivity index (χ3n) is 2.95. The average Bonchev–Trinajstić information content (AvgIpc) is 2.72. The highest BCUT2D eigenvalue weighted by molar-refractivity contribution is 4.92. The first-order valence-corrected chi connectivity index (χ1v) is 6.55. The van der Waals surface area contributed by atoms with Gasteiger partial charge in [0.2, 0.25) is 0 Å². The van der Waals surface area contributed by atoms with Gasteiger partial charge in [-0.05, 0) is 19.3 Å². The highest BCUT2D eigenvalue weighted by atomic mass is 15.1. The Kier molecular flexibility index (Phi) is 6.16. The summed E-state index contributed by atoms with van der Waals surface area (Å²) in [6, 6.07) is 0.636. The third kappa shape index (κ3) is 3.97. The van der Waals surface area contributed by atoms with Crippen molar-refractivity contribution in [3.8, 4) is 0 Å². The van der Waals surface area contributed by atoms with E-state index in [-0.39, 0.29) is 0 Å². The maximum atomic E-state index is 4.40. The molecule has 0 aliphatic heterocycles. The van der Waals surface area contributed by atoms with Crippen LogP contribution >= 0.6 is 0 Å². The Morgan fingerprint density at radius 1 is 1.31 bits per heavy atom. The molecule has 0 fully saturated rings. The van der Waals surface area contributed by atoms with Crippen LogP contribution in [0.1, 0.15) is 52.3 Å². The Balaban J connectivity index is 2.43. The Morgan fingerprint density at radius 3 is 2.75 bits per heavy atom. The van der Waals surface area contributed by atoms with Gasteiger partial charge in [-0.1, -0.05) is 27.2 Å². The molecule has 0 aliphatic rings. The fraction of sp³-hybridized carbons (Fsp3) is 0.769. The summed E-state index contributed by atoms with van der Waals surface area (Å²) < 4.78 is 2.24. The first kappa shape index (κ1) is 13.2. The molecule has 0 aliphatic carbocycles. The topological polar surface area (TPSA) is 29.9 Å². The van der Waals surface area contributed by atoms with Gasteiger partial charge in [-0.3, -0.25) is 0 Å². The summed E-state index contributed by atoms with van der Waals surface area (Å²) in [4.78, 5) is 4.40. The van der Waals surface area contributed by atoms with Crippen LogP contribution < -0.4 is 5.32 Å². The first-order chi connectivity index (χ1) is 7.81. The summed E-state index contributed by atoms with van der Waals surface area (Å²) in [5.74, 6) is 1.16. The van der Waals surface area contributed by atoms with Crippen LogP contribution in [0.15, 0.2) is 12.4 Å². The zero-order valence-corrected chi connectivity index (χ0v) is 10.9. The van der Waals surface area contributed by atoms with Crippen LogP contribution in [0, 0.1) is 0 Å². The lowest BCUT2D eigenvalue weighted by atomic mass is 10.1. The predicted octanol–water partition coefficient (Wildman–Crippen LogP) is 2.96. The zero-order valence-electron chi connectivity index (χ0n) is 10.9. The van der Waals surface area contributed by atoms with Crippen LogP contribution in [0.5, 0.6) is 0 Å². The molecule has 0 aromatic carbocycles. The number of aromatic nitrogens is 2. The second kappa shape index (κ2) is 7.44. The molecule has 92 valence electrons. The molecule has 1 aromatic heterocycles. The number of nitrogens with zero attached hydrogens (tertiary/aromatic N) is 2. The average molecular weight is 223 g/mol. The van der Waals surface area contributed by atoms with E-state index in [1.165, 1.54) is 19.3 Å². The van der Waals surface area contributed by atoms with Gasteiger partial charge in [0.05, 0.1) is 6.54 Å². The molecule has 1 unspecified atom stereocenters. The molecule has 0 amide bonds. The van der Waals surface area contributed by atoms with Crippen LogP contribution in [0.4, 0.5) is 0 Å². The van der Waals surface area contributed by atoms with Gasteiger partial charge in [-0.25, -0.2) is 4.98 Å². The van der Waals surface area contributed by atoms with Crippen molar-refractivity contribution in [2.24, 2.45) is 0 Å². The van der Waals surface area contributed by atoms with Gasteiger partial charge in [0.25, 0.3) is 0 Å². The molecule has 1 atom stereocenters. The van der Waals surface area contributed by atoms with E-state index >= 15 is 0 Å². The van der Waals surface area contributed by atoms with E-state index in [0.717, 1.165) is 25.3 Å². The Morgan fingerprint density at radius 2 is 2.12 bits per heavy atom. The highest BCUT2D eigenvalue weighted by Crippen LogP contribution is 2.04. The lowest BCUT2D eigenvalue weighted by molar-refractivity contribution is 0.448. The molecule has 0 radical (unpaired) electrons. The largest absolute Gasteiger partial charge is 0.334 e. The number of aryl methyl sites for hydroxylation is 1. The Bertz CT molecular complexity index is 280. The van der Waals surface area contributed by atoms with E-state index in [4.69, 9.17) is 0 Å². The van der Waals surface area contributed by atoms with Gasteiger partial charge in [-0.2, -0.15) is 0 Å². The molecular weight excluding hydrogens is 198 g/mol. The van der Waals surface area contributed by atoms with Crippen molar-refractivity contribution in [2.45, 2.75) is 65.6 Å². The molecular formula is C13H25N3. The second-order valence-electron chi connectivity index (χ2n) is 4.31. The molecule has 1 N–H and O–H groups in total. The van der Waals surface area contributed by atoms with Gasteiger partial charge < -0.3 is 9.88 Å². The Hall–Kier alpha value is -0.830. The number of rotatable bonds is 8. The smallest absolute Gasteiger partial charge is 0.122 e. The molecule has 1 heterocycles. The van der Waals surface area contributed by atoms with Gasteiger partial charge in [-0.15, -0.1) is 0 Å². The van der Waals surface area contributed by atoms with Crippen molar-refractivity contribution in [2.75, 3.05) is 0 Å². The van der Waals surface area contributed by atoms with E-state index in [0.29, 0.717) is 6.04 Å². The van der Waals surface area contributed by atoms with E-state index < -0.39 is 0 Å². The van der Waals surface area contributed by atoms with Gasteiger partial charge >= 0.3 is 0 Å². The highest BCUT2D eigenvalue weighted by Gasteiger charge is 2.06. The van der Waals surface area contributed by atoms with Crippen molar-refractivity contribution in [3.63, 3.8) is 0 Å². The maximum Gasteiger partial charge on any atom is 0.122 e. The van der Waals surface area contributed by atoms with Crippen LogP contribution in [0.3, 0.4) is 0 Å². The van der Waals surface area contributed by atoms with Crippen molar-refractivity contribution in [3.05, 3.63) is 18.2 Å². The number of nitrogens with one attached hydrogen (secondary N) is 1. The maximum absolute atomic E-state index is 4.40. The van der Waals surface area contributed by atoms with Crippen LogP contribution in [-0.4, -0.2) is 15.6 Å². The second-order valence-corrected chi connectivity index (χ2v) is 4.31. The van der Waals surface area contributed by atoms with Crippen molar-refractivity contribution in [1.29, 1.82) is 0 Å². The monoisotopic (exact) mass is 223 g/mol. The first-order valence-electron chi connectivity index (χ1n) is 6.55. The summed E-state index contributed by atoms with van der Waals surface area (Å²) in [6.07, 6.45) is 8.83. The molecule has 1 aromatic rings. The van der Waals surface area contributed by atoms with Crippen molar-refractivity contribution < 1.29 is 0 Å². The predicted molar refractivity (Wildman–Crippen MR) is 68.3 cm³/mol. The standard InChI is InChI=1S/C13H25N3/c1-4-7-12(6-3)15-11-13-14-8-10-16(13)9-5-2/h8,10,12,15H,4-7,9,11H2,1-3H3. The molecule has 16 heavy (non-hydrogen) atoms. The minimum atomic E-state index is 0.636. The van der Waals surface area contributed by atoms with Crippen LogP contribution in [0.25, 0.3) is 0 Å². The minimum Gasteiger partial charge on any atom is -0.334 e. The lowest BCUT2D eigenvalue weighted by Crippen LogP contribution is -2.29. The SMILES string of the molecule is CCCC(CC)NCc1nccn1CCC. The van der Waals surface area contributed by atoms with Crippen molar-refractivity contribution in [1.82, 2.24) is 14.9 Å². The van der Waals surface area contributed by atoms with Gasteiger partial charge in [0.1, 0.15) is 5.82 Å². The molecule has 1 rings (SSSR count). The van der Waals surface area contributed by atoms with Crippen LogP contribution in [0.2, 0.25) is 0 Å². The number of imidazole rings is 1. The Labute approximate surface area is 99.3 Å².